The zero-order valence-corrected chi connectivity index (χ0v) is 11.8. The molecule has 0 aromatic heterocycles. The topological polar surface area (TPSA) is 21.3 Å². The van der Waals surface area contributed by atoms with Gasteiger partial charge in [-0.05, 0) is 37.8 Å². The number of nitrogens with one attached hydrogen (secondary N) is 1. The van der Waals surface area contributed by atoms with Gasteiger partial charge in [0.1, 0.15) is 5.75 Å². The van der Waals surface area contributed by atoms with E-state index in [0.29, 0.717) is 5.92 Å². The summed E-state index contributed by atoms with van der Waals surface area (Å²) in [6, 6.07) is 8.52. The van der Waals surface area contributed by atoms with Gasteiger partial charge in [-0.3, -0.25) is 0 Å². The number of para-hydroxylation sites is 1. The van der Waals surface area contributed by atoms with Gasteiger partial charge >= 0.3 is 0 Å². The maximum absolute atomic E-state index is 5.93. The maximum atomic E-state index is 5.93. The molecule has 1 aliphatic heterocycles. The van der Waals surface area contributed by atoms with E-state index in [4.69, 9.17) is 4.74 Å². The van der Waals surface area contributed by atoms with E-state index in [1.54, 1.807) is 0 Å². The maximum Gasteiger partial charge on any atom is 0.124 e. The number of hydrogen-bond acceptors (Lipinski definition) is 2. The highest BCUT2D eigenvalue weighted by atomic mass is 16.5. The first-order valence-electron chi connectivity index (χ1n) is 7.18. The van der Waals surface area contributed by atoms with Crippen LogP contribution in [0, 0.1) is 5.92 Å². The normalized spacial score (nSPS) is 23.6. The average Bonchev–Trinajstić information content (AvgIpc) is 2.87. The van der Waals surface area contributed by atoms with Crippen molar-refractivity contribution in [3.63, 3.8) is 0 Å². The van der Waals surface area contributed by atoms with E-state index in [-0.39, 0.29) is 5.54 Å². The van der Waals surface area contributed by atoms with Gasteiger partial charge in [-0.15, -0.1) is 0 Å². The molecule has 18 heavy (non-hydrogen) atoms. The molecule has 1 N–H and O–H groups in total. The number of rotatable bonds is 5. The highest BCUT2D eigenvalue weighted by molar-refractivity contribution is 5.40. The summed E-state index contributed by atoms with van der Waals surface area (Å²) in [5.74, 6) is 1.63. The van der Waals surface area contributed by atoms with Crippen LogP contribution in [0.15, 0.2) is 24.3 Å². The first-order valence-corrected chi connectivity index (χ1v) is 7.18. The van der Waals surface area contributed by atoms with Crippen molar-refractivity contribution >= 4 is 0 Å². The molecule has 0 saturated carbocycles. The fourth-order valence-corrected chi connectivity index (χ4v) is 2.97. The Bertz CT molecular complexity index is 380. The zero-order valence-electron chi connectivity index (χ0n) is 11.8. The van der Waals surface area contributed by atoms with E-state index in [2.05, 4.69) is 50.4 Å². The minimum Gasteiger partial charge on any atom is -0.493 e. The van der Waals surface area contributed by atoms with Crippen molar-refractivity contribution in [3.05, 3.63) is 29.8 Å². The number of hydrogen-bond donors (Lipinski definition) is 1. The van der Waals surface area contributed by atoms with E-state index >= 15 is 0 Å². The minimum absolute atomic E-state index is 0.102. The molecule has 0 spiro atoms. The molecule has 1 aromatic carbocycles. The Balaban J connectivity index is 2.35. The van der Waals surface area contributed by atoms with E-state index in [9.17, 15) is 0 Å². The minimum atomic E-state index is 0.102. The summed E-state index contributed by atoms with van der Waals surface area (Å²) >= 11 is 0. The van der Waals surface area contributed by atoms with Crippen LogP contribution >= 0.6 is 0 Å². The van der Waals surface area contributed by atoms with Crippen LogP contribution < -0.4 is 10.1 Å². The van der Waals surface area contributed by atoms with Gasteiger partial charge in [0.05, 0.1) is 6.61 Å². The van der Waals surface area contributed by atoms with Crippen molar-refractivity contribution < 1.29 is 4.74 Å². The second kappa shape index (κ2) is 5.75. The van der Waals surface area contributed by atoms with Crippen LogP contribution in [0.4, 0.5) is 0 Å². The van der Waals surface area contributed by atoms with Crippen molar-refractivity contribution in [2.45, 2.75) is 45.6 Å². The predicted octanol–water partition coefficient (Wildman–Crippen LogP) is 3.71. The summed E-state index contributed by atoms with van der Waals surface area (Å²) in [5, 5.41) is 3.72. The van der Waals surface area contributed by atoms with Gasteiger partial charge in [-0.1, -0.05) is 39.0 Å². The molecular weight excluding hydrogens is 222 g/mol. The van der Waals surface area contributed by atoms with Gasteiger partial charge < -0.3 is 10.1 Å². The SMILES string of the molecule is CCCOc1ccccc1C1(C(C)C)CCCN1. The molecule has 1 unspecified atom stereocenters. The molecule has 0 amide bonds. The molecule has 1 saturated heterocycles. The smallest absolute Gasteiger partial charge is 0.124 e. The Morgan fingerprint density at radius 2 is 2.11 bits per heavy atom. The van der Waals surface area contributed by atoms with E-state index in [1.165, 1.54) is 18.4 Å². The Hall–Kier alpha value is -1.02. The molecule has 1 aromatic rings. The lowest BCUT2D eigenvalue weighted by atomic mass is 9.78. The van der Waals surface area contributed by atoms with Crippen molar-refractivity contribution in [2.75, 3.05) is 13.2 Å². The largest absolute Gasteiger partial charge is 0.493 e. The van der Waals surface area contributed by atoms with Gasteiger partial charge in [-0.25, -0.2) is 0 Å². The quantitative estimate of drug-likeness (QED) is 0.856. The third-order valence-corrected chi connectivity index (χ3v) is 4.00. The predicted molar refractivity (Wildman–Crippen MR) is 76.0 cm³/mol. The third kappa shape index (κ3) is 2.39. The second-order valence-electron chi connectivity index (χ2n) is 5.50. The monoisotopic (exact) mass is 247 g/mol. The molecule has 1 heterocycles. The van der Waals surface area contributed by atoms with Crippen LogP contribution in [0.2, 0.25) is 0 Å². The summed E-state index contributed by atoms with van der Waals surface area (Å²) in [5.41, 5.74) is 1.44. The molecular formula is C16H25NO. The lowest BCUT2D eigenvalue weighted by molar-refractivity contribution is 0.252. The average molecular weight is 247 g/mol. The van der Waals surface area contributed by atoms with Gasteiger partial charge in [0.2, 0.25) is 0 Å². The highest BCUT2D eigenvalue weighted by Crippen LogP contribution is 2.41. The molecule has 2 nitrogen and oxygen atoms in total. The van der Waals surface area contributed by atoms with Crippen LogP contribution in [0.5, 0.6) is 5.75 Å². The van der Waals surface area contributed by atoms with E-state index in [1.807, 2.05) is 0 Å². The summed E-state index contributed by atoms with van der Waals surface area (Å²) in [6.45, 7) is 8.66. The Kier molecular flexibility index (Phi) is 4.28. The summed E-state index contributed by atoms with van der Waals surface area (Å²) in [6.07, 6.45) is 3.51. The van der Waals surface area contributed by atoms with Crippen LogP contribution in [0.3, 0.4) is 0 Å². The first kappa shape index (κ1) is 13.4. The molecule has 1 atom stereocenters. The fourth-order valence-electron chi connectivity index (χ4n) is 2.97. The Morgan fingerprint density at radius 3 is 2.72 bits per heavy atom. The van der Waals surface area contributed by atoms with Crippen LogP contribution in [-0.2, 0) is 5.54 Å². The van der Waals surface area contributed by atoms with E-state index < -0.39 is 0 Å². The number of ether oxygens (including phenoxy) is 1. The fraction of sp³-hybridized carbons (Fsp3) is 0.625. The van der Waals surface area contributed by atoms with Crippen LogP contribution in [0.1, 0.15) is 45.6 Å². The van der Waals surface area contributed by atoms with Gasteiger partial charge in [0.25, 0.3) is 0 Å². The molecule has 2 rings (SSSR count). The first-order chi connectivity index (χ1) is 8.70. The van der Waals surface area contributed by atoms with Gasteiger partial charge in [0, 0.05) is 11.1 Å². The molecule has 1 aliphatic rings. The van der Waals surface area contributed by atoms with E-state index in [0.717, 1.165) is 25.3 Å². The lowest BCUT2D eigenvalue weighted by Crippen LogP contribution is -2.42. The van der Waals surface area contributed by atoms with Crippen LogP contribution in [0.25, 0.3) is 0 Å². The second-order valence-corrected chi connectivity index (χ2v) is 5.50. The summed E-state index contributed by atoms with van der Waals surface area (Å²) in [7, 11) is 0. The molecule has 1 fully saturated rings. The van der Waals surface area contributed by atoms with Gasteiger partial charge in [-0.2, -0.15) is 0 Å². The molecule has 0 bridgehead atoms. The Labute approximate surface area is 111 Å². The molecule has 0 radical (unpaired) electrons. The molecule has 0 aliphatic carbocycles. The van der Waals surface area contributed by atoms with Crippen molar-refractivity contribution in [1.29, 1.82) is 0 Å². The highest BCUT2D eigenvalue weighted by Gasteiger charge is 2.40. The molecule has 100 valence electrons. The van der Waals surface area contributed by atoms with Gasteiger partial charge in [0.15, 0.2) is 0 Å². The third-order valence-electron chi connectivity index (χ3n) is 4.00. The standard InChI is InChI=1S/C16H25NO/c1-4-12-18-15-9-6-5-8-14(15)16(13(2)3)10-7-11-17-16/h5-6,8-9,13,17H,4,7,10-12H2,1-3H3. The molecule has 2 heteroatoms. The van der Waals surface area contributed by atoms with Crippen molar-refractivity contribution in [1.82, 2.24) is 5.32 Å². The van der Waals surface area contributed by atoms with Crippen molar-refractivity contribution in [2.24, 2.45) is 5.92 Å². The van der Waals surface area contributed by atoms with Crippen molar-refractivity contribution in [3.8, 4) is 5.75 Å². The summed E-state index contributed by atoms with van der Waals surface area (Å²) in [4.78, 5) is 0. The number of benzene rings is 1. The Morgan fingerprint density at radius 1 is 1.33 bits per heavy atom. The lowest BCUT2D eigenvalue weighted by Gasteiger charge is -2.35. The zero-order chi connectivity index (χ0) is 13.0. The van der Waals surface area contributed by atoms with Crippen LogP contribution in [-0.4, -0.2) is 13.2 Å². The summed E-state index contributed by atoms with van der Waals surface area (Å²) < 4.78 is 5.93.